The second-order valence-corrected chi connectivity index (χ2v) is 8.23. The molecule has 1 saturated heterocycles. The summed E-state index contributed by atoms with van der Waals surface area (Å²) in [5.41, 5.74) is -1.12. The number of alkyl halides is 4. The Morgan fingerprint density at radius 1 is 1.00 bits per heavy atom. The first-order valence-electron chi connectivity index (χ1n) is 7.47. The summed E-state index contributed by atoms with van der Waals surface area (Å²) < 4.78 is 89.4. The Balaban J connectivity index is 1.88. The van der Waals surface area contributed by atoms with E-state index in [0.29, 0.717) is 19.3 Å². The Hall–Kier alpha value is -1.19. The number of ether oxygens (including phenoxy) is 2. The fourth-order valence-electron chi connectivity index (χ4n) is 3.11. The van der Waals surface area contributed by atoms with Crippen LogP contribution in [0.3, 0.4) is 0 Å². The van der Waals surface area contributed by atoms with Crippen LogP contribution in [0, 0.1) is 0 Å². The second-order valence-electron chi connectivity index (χ2n) is 6.02. The third-order valence-corrected chi connectivity index (χ3v) is 6.77. The van der Waals surface area contributed by atoms with Gasteiger partial charge in [-0.15, -0.1) is 0 Å². The Morgan fingerprint density at radius 3 is 2.12 bits per heavy atom. The first-order chi connectivity index (χ1) is 11.1. The fraction of sp³-hybridized carbons (Fsp3) is 0.600. The monoisotopic (exact) mass is 368 g/mol. The van der Waals surface area contributed by atoms with Gasteiger partial charge in [-0.25, -0.2) is 12.8 Å². The van der Waals surface area contributed by atoms with E-state index in [1.54, 1.807) is 0 Å². The number of halogens is 4. The first kappa shape index (κ1) is 17.6. The third kappa shape index (κ3) is 2.93. The maximum atomic E-state index is 15.1. The summed E-state index contributed by atoms with van der Waals surface area (Å²) in [6, 6.07) is 3.18. The van der Waals surface area contributed by atoms with Crippen LogP contribution in [0.25, 0.3) is 0 Å². The summed E-state index contributed by atoms with van der Waals surface area (Å²) in [7, 11) is -4.57. The van der Waals surface area contributed by atoms with Gasteiger partial charge in [0.2, 0.25) is 14.8 Å². The number of benzene rings is 1. The summed E-state index contributed by atoms with van der Waals surface area (Å²) in [6.45, 7) is 0.722. The molecule has 9 heteroatoms. The maximum Gasteiger partial charge on any atom is 0.416 e. The number of hydrogen-bond donors (Lipinski definition) is 0. The van der Waals surface area contributed by atoms with Gasteiger partial charge in [0.05, 0.1) is 23.7 Å². The van der Waals surface area contributed by atoms with Gasteiger partial charge in [0, 0.05) is 25.7 Å². The zero-order chi connectivity index (χ0) is 17.6. The minimum atomic E-state index is -4.70. The molecule has 1 aromatic rings. The van der Waals surface area contributed by atoms with Gasteiger partial charge < -0.3 is 9.47 Å². The predicted molar refractivity (Wildman–Crippen MR) is 75.6 cm³/mol. The molecule has 4 nitrogen and oxygen atoms in total. The molecule has 1 heterocycles. The van der Waals surface area contributed by atoms with Crippen LogP contribution in [0.1, 0.15) is 31.2 Å². The molecule has 0 unspecified atom stereocenters. The molecule has 134 valence electrons. The molecule has 0 aromatic heterocycles. The van der Waals surface area contributed by atoms with E-state index in [0.717, 1.165) is 18.2 Å². The van der Waals surface area contributed by atoms with Crippen LogP contribution < -0.4 is 0 Å². The minimum Gasteiger partial charge on any atom is -0.348 e. The molecule has 0 radical (unpaired) electrons. The molecular weight excluding hydrogens is 352 g/mol. The van der Waals surface area contributed by atoms with E-state index in [9.17, 15) is 21.6 Å². The lowest BCUT2D eigenvalue weighted by Crippen LogP contribution is -2.45. The molecule has 1 aliphatic carbocycles. The minimum absolute atomic E-state index is 0.0433. The highest BCUT2D eigenvalue weighted by molar-refractivity contribution is 7.92. The largest absolute Gasteiger partial charge is 0.416 e. The van der Waals surface area contributed by atoms with Crippen molar-refractivity contribution in [3.63, 3.8) is 0 Å². The zero-order valence-corrected chi connectivity index (χ0v) is 13.4. The maximum absolute atomic E-state index is 15.1. The average molecular weight is 368 g/mol. The molecule has 3 rings (SSSR count). The van der Waals surface area contributed by atoms with E-state index in [1.807, 2.05) is 0 Å². The van der Waals surface area contributed by atoms with Crippen molar-refractivity contribution < 1.29 is 35.5 Å². The lowest BCUT2D eigenvalue weighted by Gasteiger charge is -2.38. The summed E-state index contributed by atoms with van der Waals surface area (Å²) in [5.74, 6) is -0.959. The molecule has 2 fully saturated rings. The van der Waals surface area contributed by atoms with Crippen LogP contribution in [0.15, 0.2) is 29.2 Å². The van der Waals surface area contributed by atoms with Crippen molar-refractivity contribution in [1.82, 2.24) is 0 Å². The Kier molecular flexibility index (Phi) is 4.17. The Labute approximate surface area is 136 Å². The van der Waals surface area contributed by atoms with Gasteiger partial charge in [0.25, 0.3) is 0 Å². The van der Waals surface area contributed by atoms with Crippen molar-refractivity contribution in [2.45, 2.75) is 47.5 Å². The van der Waals surface area contributed by atoms with Crippen molar-refractivity contribution >= 4 is 9.84 Å². The quantitative estimate of drug-likeness (QED) is 0.751. The normalized spacial score (nSPS) is 23.5. The first-order valence-corrected chi connectivity index (χ1v) is 8.95. The molecule has 1 aliphatic heterocycles. The number of sulfone groups is 1. The van der Waals surface area contributed by atoms with Crippen LogP contribution in [-0.4, -0.2) is 32.4 Å². The zero-order valence-electron chi connectivity index (χ0n) is 12.6. The van der Waals surface area contributed by atoms with E-state index >= 15 is 4.39 Å². The van der Waals surface area contributed by atoms with Crippen molar-refractivity contribution in [3.8, 4) is 0 Å². The van der Waals surface area contributed by atoms with Crippen molar-refractivity contribution in [2.75, 3.05) is 13.2 Å². The van der Waals surface area contributed by atoms with Gasteiger partial charge in [-0.2, -0.15) is 13.2 Å². The number of rotatable bonds is 2. The topological polar surface area (TPSA) is 52.6 Å². The SMILES string of the molecule is O=S(=O)(c1cccc(C(F)(F)F)c1)C1(F)CCC2(CC1)OCCO2. The van der Waals surface area contributed by atoms with E-state index in [4.69, 9.17) is 9.47 Å². The van der Waals surface area contributed by atoms with Gasteiger partial charge in [0.15, 0.2) is 5.79 Å². The molecule has 0 atom stereocenters. The van der Waals surface area contributed by atoms with Gasteiger partial charge in [-0.1, -0.05) is 6.07 Å². The van der Waals surface area contributed by atoms with E-state index in [1.165, 1.54) is 0 Å². The van der Waals surface area contributed by atoms with Crippen molar-refractivity contribution in [1.29, 1.82) is 0 Å². The van der Waals surface area contributed by atoms with Gasteiger partial charge in [-0.3, -0.25) is 0 Å². The molecule has 1 saturated carbocycles. The highest BCUT2D eigenvalue weighted by atomic mass is 32.2. The van der Waals surface area contributed by atoms with Crippen LogP contribution in [-0.2, 0) is 25.5 Å². The van der Waals surface area contributed by atoms with Crippen molar-refractivity contribution in [3.05, 3.63) is 29.8 Å². The van der Waals surface area contributed by atoms with Gasteiger partial charge in [-0.05, 0) is 18.2 Å². The Morgan fingerprint density at radius 2 is 1.58 bits per heavy atom. The standard InChI is InChI=1S/C15H16F4O4S/c16-13(4-6-14(7-5-13)22-8-9-23-14)24(20,21)12-3-1-2-11(10-12)15(17,18)19/h1-3,10H,4-9H2. The summed E-state index contributed by atoms with van der Waals surface area (Å²) in [4.78, 5) is -0.663. The molecule has 24 heavy (non-hydrogen) atoms. The average Bonchev–Trinajstić information content (AvgIpc) is 2.98. The fourth-order valence-corrected chi connectivity index (χ4v) is 4.81. The highest BCUT2D eigenvalue weighted by Gasteiger charge is 2.53. The Bertz CT molecular complexity index is 713. The van der Waals surface area contributed by atoms with Gasteiger partial charge in [0.1, 0.15) is 0 Å². The molecule has 1 aromatic carbocycles. The predicted octanol–water partition coefficient (Wildman–Crippen LogP) is 3.46. The van der Waals surface area contributed by atoms with E-state index in [-0.39, 0.29) is 25.7 Å². The van der Waals surface area contributed by atoms with E-state index in [2.05, 4.69) is 0 Å². The molecular formula is C15H16F4O4S. The van der Waals surface area contributed by atoms with Crippen LogP contribution in [0.5, 0.6) is 0 Å². The third-order valence-electron chi connectivity index (χ3n) is 4.53. The van der Waals surface area contributed by atoms with Crippen molar-refractivity contribution in [2.24, 2.45) is 0 Å². The molecule has 0 bridgehead atoms. The smallest absolute Gasteiger partial charge is 0.348 e. The van der Waals surface area contributed by atoms with E-state index < -0.39 is 37.3 Å². The second kappa shape index (κ2) is 5.67. The lowest BCUT2D eigenvalue weighted by atomic mass is 9.92. The van der Waals surface area contributed by atoms with Crippen LogP contribution in [0.4, 0.5) is 17.6 Å². The summed E-state index contributed by atoms with van der Waals surface area (Å²) in [5, 5.41) is -2.63. The van der Waals surface area contributed by atoms with Crippen LogP contribution >= 0.6 is 0 Å². The molecule has 0 amide bonds. The highest BCUT2D eigenvalue weighted by Crippen LogP contribution is 2.46. The van der Waals surface area contributed by atoms with Gasteiger partial charge >= 0.3 is 6.18 Å². The number of hydrogen-bond acceptors (Lipinski definition) is 4. The summed E-state index contributed by atoms with van der Waals surface area (Å²) in [6.07, 6.45) is -5.38. The molecule has 0 N–H and O–H groups in total. The lowest BCUT2D eigenvalue weighted by molar-refractivity contribution is -0.186. The summed E-state index contributed by atoms with van der Waals surface area (Å²) >= 11 is 0. The molecule has 2 aliphatic rings. The molecule has 1 spiro atoms. The van der Waals surface area contributed by atoms with Crippen LogP contribution in [0.2, 0.25) is 0 Å².